The Bertz CT molecular complexity index is 1600. The van der Waals surface area contributed by atoms with E-state index in [-0.39, 0.29) is 5.56 Å². The molecule has 4 heterocycles. The molecule has 1 fully saturated rings. The molecule has 1 atom stereocenters. The van der Waals surface area contributed by atoms with Crippen LogP contribution in [0.5, 0.6) is 0 Å². The van der Waals surface area contributed by atoms with Crippen LogP contribution >= 0.6 is 0 Å². The van der Waals surface area contributed by atoms with Gasteiger partial charge in [-0.15, -0.1) is 0 Å². The monoisotopic (exact) mass is 464 g/mol. The molecule has 0 aliphatic carbocycles. The number of hydrogen-bond donors (Lipinski definition) is 1. The van der Waals surface area contributed by atoms with Crippen molar-refractivity contribution in [1.82, 2.24) is 24.6 Å². The van der Waals surface area contributed by atoms with E-state index < -0.39 is 5.82 Å². The highest BCUT2D eigenvalue weighted by Gasteiger charge is 2.20. The molecule has 6 nitrogen and oxygen atoms in total. The Morgan fingerprint density at radius 1 is 1.11 bits per heavy atom. The first-order valence-corrected chi connectivity index (χ1v) is 12.0. The SMILES string of the molecule is CCn1ncc2cc(-c3ncc4c(ccn4CC4CCNC4)c3-c3ccc(C#N)c(F)c3)ccc21. The maximum atomic E-state index is 14.7. The fourth-order valence-electron chi connectivity index (χ4n) is 5.22. The highest BCUT2D eigenvalue weighted by atomic mass is 19.1. The largest absolute Gasteiger partial charge is 0.346 e. The van der Waals surface area contributed by atoms with E-state index >= 15 is 0 Å². The van der Waals surface area contributed by atoms with E-state index in [1.54, 1.807) is 6.07 Å². The van der Waals surface area contributed by atoms with Crippen molar-refractivity contribution in [2.75, 3.05) is 13.1 Å². The number of benzene rings is 2. The quantitative estimate of drug-likeness (QED) is 0.380. The van der Waals surface area contributed by atoms with Gasteiger partial charge in [0, 0.05) is 41.2 Å². The summed E-state index contributed by atoms with van der Waals surface area (Å²) in [5.74, 6) is 0.0580. The van der Waals surface area contributed by atoms with E-state index in [2.05, 4.69) is 52.4 Å². The van der Waals surface area contributed by atoms with E-state index in [1.807, 2.05) is 29.2 Å². The Kier molecular flexibility index (Phi) is 5.31. The Hall–Kier alpha value is -4.02. The summed E-state index contributed by atoms with van der Waals surface area (Å²) in [5.41, 5.74) is 5.45. The van der Waals surface area contributed by atoms with E-state index in [0.29, 0.717) is 11.5 Å². The van der Waals surface area contributed by atoms with Crippen molar-refractivity contribution in [3.8, 4) is 28.5 Å². The molecule has 7 heteroatoms. The van der Waals surface area contributed by atoms with Gasteiger partial charge in [-0.1, -0.05) is 12.1 Å². The van der Waals surface area contributed by atoms with Crippen LogP contribution in [-0.2, 0) is 13.1 Å². The minimum absolute atomic E-state index is 0.0372. The second kappa shape index (κ2) is 8.64. The number of hydrogen-bond acceptors (Lipinski definition) is 4. The van der Waals surface area contributed by atoms with Crippen molar-refractivity contribution in [1.29, 1.82) is 5.26 Å². The van der Waals surface area contributed by atoms with Crippen LogP contribution in [0.25, 0.3) is 44.2 Å². The van der Waals surface area contributed by atoms with E-state index in [0.717, 1.165) is 71.2 Å². The number of pyridine rings is 1. The maximum Gasteiger partial charge on any atom is 0.141 e. The van der Waals surface area contributed by atoms with Crippen LogP contribution in [-0.4, -0.2) is 32.4 Å². The van der Waals surface area contributed by atoms with Gasteiger partial charge in [0.2, 0.25) is 0 Å². The molecular formula is C28H25FN6. The molecule has 1 N–H and O–H groups in total. The predicted octanol–water partition coefficient (Wildman–Crippen LogP) is 5.36. The van der Waals surface area contributed by atoms with E-state index in [9.17, 15) is 9.65 Å². The Balaban J connectivity index is 1.55. The van der Waals surface area contributed by atoms with Crippen molar-refractivity contribution in [3.63, 3.8) is 0 Å². The third-order valence-electron chi connectivity index (χ3n) is 7.04. The standard InChI is InChI=1S/C28H25FN6/c1-2-35-25-6-5-20(11-22(25)15-33-35)28-27(19-3-4-21(13-30)24(29)12-19)23-8-10-34(26(23)16-32-28)17-18-7-9-31-14-18/h3-6,8,10-12,15-16,18,31H,2,7,9,14,17H2,1H3. The molecule has 2 aromatic carbocycles. The molecule has 0 spiro atoms. The first-order chi connectivity index (χ1) is 17.2. The molecule has 174 valence electrons. The molecule has 35 heavy (non-hydrogen) atoms. The van der Waals surface area contributed by atoms with Gasteiger partial charge in [0.1, 0.15) is 11.9 Å². The summed E-state index contributed by atoms with van der Waals surface area (Å²) < 4.78 is 18.9. The van der Waals surface area contributed by atoms with Crippen molar-refractivity contribution < 1.29 is 4.39 Å². The van der Waals surface area contributed by atoms with Gasteiger partial charge in [0.25, 0.3) is 0 Å². The average molecular weight is 465 g/mol. The Morgan fingerprint density at radius 2 is 2.00 bits per heavy atom. The topological polar surface area (TPSA) is 71.5 Å². The Morgan fingerprint density at radius 3 is 2.77 bits per heavy atom. The molecule has 0 amide bonds. The van der Waals surface area contributed by atoms with Crippen molar-refractivity contribution in [2.24, 2.45) is 5.92 Å². The second-order valence-electron chi connectivity index (χ2n) is 9.15. The number of aromatic nitrogens is 4. The molecular weight excluding hydrogens is 439 g/mol. The molecule has 1 aliphatic heterocycles. The number of nitrogens with zero attached hydrogens (tertiary/aromatic N) is 5. The normalized spacial score (nSPS) is 15.7. The summed E-state index contributed by atoms with van der Waals surface area (Å²) in [6.07, 6.45) is 7.06. The van der Waals surface area contributed by atoms with Crippen LogP contribution in [0.15, 0.2) is 61.1 Å². The van der Waals surface area contributed by atoms with E-state index in [1.165, 1.54) is 6.07 Å². The lowest BCUT2D eigenvalue weighted by molar-refractivity contribution is 0.491. The van der Waals surface area contributed by atoms with Gasteiger partial charge in [-0.3, -0.25) is 9.67 Å². The van der Waals surface area contributed by atoms with Gasteiger partial charge in [-0.25, -0.2) is 4.39 Å². The zero-order valence-corrected chi connectivity index (χ0v) is 19.5. The van der Waals surface area contributed by atoms with Crippen molar-refractivity contribution in [2.45, 2.75) is 26.4 Å². The van der Waals surface area contributed by atoms with Crippen LogP contribution in [0, 0.1) is 23.1 Å². The summed E-state index contributed by atoms with van der Waals surface area (Å²) in [7, 11) is 0. The number of rotatable bonds is 5. The highest BCUT2D eigenvalue weighted by molar-refractivity contribution is 6.02. The number of aryl methyl sites for hydroxylation is 1. The fourth-order valence-corrected chi connectivity index (χ4v) is 5.22. The summed E-state index contributed by atoms with van der Waals surface area (Å²) in [4.78, 5) is 4.92. The fraction of sp³-hybridized carbons (Fsp3) is 0.250. The Labute approximate surface area is 202 Å². The summed E-state index contributed by atoms with van der Waals surface area (Å²) in [6, 6.07) is 15.0. The van der Waals surface area contributed by atoms with Gasteiger partial charge >= 0.3 is 0 Å². The van der Waals surface area contributed by atoms with E-state index in [4.69, 9.17) is 4.98 Å². The second-order valence-corrected chi connectivity index (χ2v) is 9.15. The zero-order valence-electron chi connectivity index (χ0n) is 19.5. The average Bonchev–Trinajstić information content (AvgIpc) is 3.63. The lowest BCUT2D eigenvalue weighted by Crippen LogP contribution is -2.14. The molecule has 5 aromatic rings. The minimum atomic E-state index is -0.524. The number of fused-ring (bicyclic) bond motifs is 2. The highest BCUT2D eigenvalue weighted by Crippen LogP contribution is 2.38. The first-order valence-electron chi connectivity index (χ1n) is 12.0. The van der Waals surface area contributed by atoms with Gasteiger partial charge in [0.15, 0.2) is 0 Å². The van der Waals surface area contributed by atoms with Gasteiger partial charge in [-0.05, 0) is 68.2 Å². The summed E-state index contributed by atoms with van der Waals surface area (Å²) in [5, 5.41) is 19.2. The summed E-state index contributed by atoms with van der Waals surface area (Å²) in [6.45, 7) is 5.86. The third-order valence-corrected chi connectivity index (χ3v) is 7.04. The third kappa shape index (κ3) is 3.67. The smallest absolute Gasteiger partial charge is 0.141 e. The minimum Gasteiger partial charge on any atom is -0.346 e. The van der Waals surface area contributed by atoms with Crippen molar-refractivity contribution in [3.05, 3.63) is 72.4 Å². The zero-order chi connectivity index (χ0) is 23.9. The lowest BCUT2D eigenvalue weighted by atomic mass is 9.95. The van der Waals surface area contributed by atoms with Crippen LogP contribution in [0.2, 0.25) is 0 Å². The molecule has 1 aliphatic rings. The van der Waals surface area contributed by atoms with Crippen molar-refractivity contribution >= 4 is 21.8 Å². The van der Waals surface area contributed by atoms with Gasteiger partial charge in [0.05, 0.1) is 34.7 Å². The molecule has 1 unspecified atom stereocenters. The number of halogens is 1. The molecule has 0 radical (unpaired) electrons. The lowest BCUT2D eigenvalue weighted by Gasteiger charge is -2.15. The number of nitrogens with one attached hydrogen (secondary N) is 1. The first kappa shape index (κ1) is 21.5. The molecule has 3 aromatic heterocycles. The van der Waals surface area contributed by atoms with Gasteiger partial charge in [-0.2, -0.15) is 10.4 Å². The van der Waals surface area contributed by atoms with Crippen LogP contribution in [0.4, 0.5) is 4.39 Å². The van der Waals surface area contributed by atoms with Crippen LogP contribution in [0.3, 0.4) is 0 Å². The van der Waals surface area contributed by atoms with Crippen LogP contribution in [0.1, 0.15) is 18.9 Å². The van der Waals surface area contributed by atoms with Gasteiger partial charge < -0.3 is 9.88 Å². The molecule has 0 saturated carbocycles. The molecule has 0 bridgehead atoms. The molecule has 6 rings (SSSR count). The predicted molar refractivity (Wildman–Crippen MR) is 135 cm³/mol. The summed E-state index contributed by atoms with van der Waals surface area (Å²) >= 11 is 0. The maximum absolute atomic E-state index is 14.7. The van der Waals surface area contributed by atoms with Crippen LogP contribution < -0.4 is 5.32 Å². The molecule has 1 saturated heterocycles. The number of nitriles is 1.